The van der Waals surface area contributed by atoms with E-state index in [-0.39, 0.29) is 12.4 Å². The molecule has 1 fully saturated rings. The van der Waals surface area contributed by atoms with Crippen molar-refractivity contribution in [1.29, 1.82) is 0 Å². The molecular weight excluding hydrogens is 306 g/mol. The van der Waals surface area contributed by atoms with Crippen LogP contribution >= 0.6 is 0 Å². The van der Waals surface area contributed by atoms with Crippen LogP contribution in [0.3, 0.4) is 0 Å². The largest absolute Gasteiger partial charge is 0.508 e. The van der Waals surface area contributed by atoms with Gasteiger partial charge in [0.25, 0.3) is 0 Å². The molecule has 1 amide bonds. The Morgan fingerprint density at radius 1 is 1.26 bits per heavy atom. The SMILES string of the molecule is CC(=O)N[C@H]1[C@H](OCc2ccc(O)cc2)O[C@H](CO)[C@@H](O)[C@@H]1O. The summed E-state index contributed by atoms with van der Waals surface area (Å²) in [4.78, 5) is 11.3. The summed E-state index contributed by atoms with van der Waals surface area (Å²) in [6.45, 7) is 0.875. The van der Waals surface area contributed by atoms with Crippen molar-refractivity contribution in [2.45, 2.75) is 44.2 Å². The summed E-state index contributed by atoms with van der Waals surface area (Å²) in [5, 5.41) is 40.9. The number of rotatable bonds is 5. The molecule has 0 aliphatic carbocycles. The number of nitrogens with one attached hydrogen (secondary N) is 1. The number of phenolic OH excluding ortho intramolecular Hbond substituents is 1. The van der Waals surface area contributed by atoms with E-state index in [0.29, 0.717) is 0 Å². The number of amides is 1. The van der Waals surface area contributed by atoms with Gasteiger partial charge in [-0.25, -0.2) is 0 Å². The number of hydrogen-bond donors (Lipinski definition) is 5. The van der Waals surface area contributed by atoms with Gasteiger partial charge in [0.1, 0.15) is 30.1 Å². The van der Waals surface area contributed by atoms with Gasteiger partial charge >= 0.3 is 0 Å². The van der Waals surface area contributed by atoms with Crippen LogP contribution in [0.15, 0.2) is 24.3 Å². The van der Waals surface area contributed by atoms with Crippen molar-refractivity contribution in [1.82, 2.24) is 5.32 Å². The molecule has 2 rings (SSSR count). The van der Waals surface area contributed by atoms with Crippen LogP contribution in [0.1, 0.15) is 12.5 Å². The van der Waals surface area contributed by atoms with Crippen molar-refractivity contribution in [2.75, 3.05) is 6.61 Å². The molecule has 0 aromatic heterocycles. The predicted molar refractivity (Wildman–Crippen MR) is 78.3 cm³/mol. The van der Waals surface area contributed by atoms with Crippen LogP contribution in [-0.4, -0.2) is 63.6 Å². The van der Waals surface area contributed by atoms with Crippen molar-refractivity contribution >= 4 is 5.91 Å². The van der Waals surface area contributed by atoms with Gasteiger partial charge in [-0.3, -0.25) is 4.79 Å². The third-order valence-electron chi connectivity index (χ3n) is 3.60. The van der Waals surface area contributed by atoms with Crippen LogP contribution in [0.2, 0.25) is 0 Å². The first-order valence-electron chi connectivity index (χ1n) is 7.21. The predicted octanol–water partition coefficient (Wildman–Crippen LogP) is -1.15. The van der Waals surface area contributed by atoms with Crippen LogP contribution in [0.25, 0.3) is 0 Å². The highest BCUT2D eigenvalue weighted by molar-refractivity contribution is 5.73. The maximum Gasteiger partial charge on any atom is 0.217 e. The minimum Gasteiger partial charge on any atom is -0.508 e. The van der Waals surface area contributed by atoms with Gasteiger partial charge in [-0.2, -0.15) is 0 Å². The number of aliphatic hydroxyl groups is 3. The van der Waals surface area contributed by atoms with E-state index in [0.717, 1.165) is 5.56 Å². The van der Waals surface area contributed by atoms with Gasteiger partial charge in [-0.05, 0) is 17.7 Å². The van der Waals surface area contributed by atoms with E-state index < -0.39 is 43.2 Å². The second-order valence-electron chi connectivity index (χ2n) is 5.41. The molecule has 1 aromatic carbocycles. The molecule has 1 aliphatic rings. The Balaban J connectivity index is 2.07. The molecular formula is C15H21NO7. The number of benzene rings is 1. The van der Waals surface area contributed by atoms with Gasteiger partial charge in [0.2, 0.25) is 5.91 Å². The summed E-state index contributed by atoms with van der Waals surface area (Å²) < 4.78 is 11.0. The molecule has 0 spiro atoms. The van der Waals surface area contributed by atoms with Gasteiger partial charge in [0.15, 0.2) is 6.29 Å². The van der Waals surface area contributed by atoms with Gasteiger partial charge in [-0.1, -0.05) is 12.1 Å². The van der Waals surface area contributed by atoms with Gasteiger partial charge in [-0.15, -0.1) is 0 Å². The molecule has 5 atom stereocenters. The molecule has 8 nitrogen and oxygen atoms in total. The number of carbonyl (C=O) groups is 1. The second kappa shape index (κ2) is 7.71. The molecule has 23 heavy (non-hydrogen) atoms. The summed E-state index contributed by atoms with van der Waals surface area (Å²) in [7, 11) is 0. The third-order valence-corrected chi connectivity index (χ3v) is 3.60. The molecule has 5 N–H and O–H groups in total. The highest BCUT2D eigenvalue weighted by Gasteiger charge is 2.45. The van der Waals surface area contributed by atoms with Crippen molar-refractivity contribution in [3.05, 3.63) is 29.8 Å². The topological polar surface area (TPSA) is 128 Å². The summed E-state index contributed by atoms with van der Waals surface area (Å²) in [5.74, 6) is -0.289. The Bertz CT molecular complexity index is 521. The smallest absolute Gasteiger partial charge is 0.217 e. The zero-order valence-corrected chi connectivity index (χ0v) is 12.6. The summed E-state index contributed by atoms with van der Waals surface area (Å²) in [6, 6.07) is 5.34. The maximum atomic E-state index is 11.3. The summed E-state index contributed by atoms with van der Waals surface area (Å²) in [6.07, 6.45) is -4.73. The van der Waals surface area contributed by atoms with E-state index in [4.69, 9.17) is 9.47 Å². The summed E-state index contributed by atoms with van der Waals surface area (Å²) >= 11 is 0. The molecule has 1 heterocycles. The normalized spacial score (nSPS) is 30.9. The highest BCUT2D eigenvalue weighted by atomic mass is 16.7. The van der Waals surface area contributed by atoms with E-state index in [9.17, 15) is 25.2 Å². The van der Waals surface area contributed by atoms with Crippen molar-refractivity contribution in [3.63, 3.8) is 0 Å². The zero-order chi connectivity index (χ0) is 17.0. The van der Waals surface area contributed by atoms with Crippen molar-refractivity contribution < 1.29 is 34.7 Å². The first-order chi connectivity index (χ1) is 10.9. The lowest BCUT2D eigenvalue weighted by molar-refractivity contribution is -0.273. The number of phenols is 1. The molecule has 0 radical (unpaired) electrons. The van der Waals surface area contributed by atoms with Crippen molar-refractivity contribution in [2.24, 2.45) is 0 Å². The van der Waals surface area contributed by atoms with Crippen LogP contribution in [0, 0.1) is 0 Å². The van der Waals surface area contributed by atoms with Crippen LogP contribution in [0.5, 0.6) is 5.75 Å². The molecule has 0 bridgehead atoms. The van der Waals surface area contributed by atoms with Gasteiger partial charge in [0.05, 0.1) is 13.2 Å². The van der Waals surface area contributed by atoms with E-state index >= 15 is 0 Å². The fourth-order valence-electron chi connectivity index (χ4n) is 2.38. The fourth-order valence-corrected chi connectivity index (χ4v) is 2.38. The minimum absolute atomic E-state index is 0.0992. The minimum atomic E-state index is -1.34. The number of aromatic hydroxyl groups is 1. The lowest BCUT2D eigenvalue weighted by Gasteiger charge is -2.42. The van der Waals surface area contributed by atoms with Gasteiger partial charge < -0.3 is 35.2 Å². The average Bonchev–Trinajstić information content (AvgIpc) is 2.52. The quantitative estimate of drug-likeness (QED) is 0.462. The lowest BCUT2D eigenvalue weighted by Crippen LogP contribution is -2.64. The maximum absolute atomic E-state index is 11.3. The van der Waals surface area contributed by atoms with E-state index in [1.54, 1.807) is 12.1 Å². The van der Waals surface area contributed by atoms with Crippen LogP contribution in [0.4, 0.5) is 0 Å². The standard InChI is InChI=1S/C15H21NO7/c1-8(18)16-12-14(21)13(20)11(6-17)23-15(12)22-7-9-2-4-10(19)5-3-9/h2-5,11-15,17,19-21H,6-7H2,1H3,(H,16,18)/t11-,12-,13-,14-,15-/m1/s1. The Hall–Kier alpha value is -1.71. The third kappa shape index (κ3) is 4.40. The number of carbonyl (C=O) groups excluding carboxylic acids is 1. The van der Waals surface area contributed by atoms with E-state index in [1.807, 2.05) is 0 Å². The van der Waals surface area contributed by atoms with Crippen LogP contribution in [-0.2, 0) is 20.9 Å². The number of ether oxygens (including phenoxy) is 2. The zero-order valence-electron chi connectivity index (χ0n) is 12.6. The number of hydrogen-bond acceptors (Lipinski definition) is 7. The first kappa shape index (κ1) is 17.6. The molecule has 0 saturated carbocycles. The fraction of sp³-hybridized carbons (Fsp3) is 0.533. The first-order valence-corrected chi connectivity index (χ1v) is 7.21. The summed E-state index contributed by atoms with van der Waals surface area (Å²) in [5.41, 5.74) is 0.745. The van der Waals surface area contributed by atoms with Crippen molar-refractivity contribution in [3.8, 4) is 5.75 Å². The molecule has 128 valence electrons. The molecule has 1 aliphatic heterocycles. The van der Waals surface area contributed by atoms with E-state index in [2.05, 4.69) is 5.32 Å². The molecule has 0 unspecified atom stereocenters. The molecule has 1 aromatic rings. The van der Waals surface area contributed by atoms with Crippen LogP contribution < -0.4 is 5.32 Å². The Morgan fingerprint density at radius 2 is 1.91 bits per heavy atom. The number of aliphatic hydroxyl groups excluding tert-OH is 3. The Morgan fingerprint density at radius 3 is 2.48 bits per heavy atom. The average molecular weight is 327 g/mol. The van der Waals surface area contributed by atoms with E-state index in [1.165, 1.54) is 19.1 Å². The Labute approximate surface area is 133 Å². The molecule has 8 heteroatoms. The molecule has 1 saturated heterocycles. The Kier molecular flexibility index (Phi) is 5.91. The lowest BCUT2D eigenvalue weighted by atomic mass is 9.97. The highest BCUT2D eigenvalue weighted by Crippen LogP contribution is 2.23. The second-order valence-corrected chi connectivity index (χ2v) is 5.41. The monoisotopic (exact) mass is 327 g/mol. The van der Waals surface area contributed by atoms with Gasteiger partial charge in [0, 0.05) is 6.92 Å².